The summed E-state index contributed by atoms with van der Waals surface area (Å²) in [5.41, 5.74) is 1.00. The van der Waals surface area contributed by atoms with Crippen LogP contribution >= 0.6 is 0 Å². The van der Waals surface area contributed by atoms with E-state index >= 15 is 0 Å². The van der Waals surface area contributed by atoms with Gasteiger partial charge in [-0.3, -0.25) is 0 Å². The van der Waals surface area contributed by atoms with Crippen LogP contribution in [0.3, 0.4) is 0 Å². The highest BCUT2D eigenvalue weighted by Crippen LogP contribution is 2.10. The summed E-state index contributed by atoms with van der Waals surface area (Å²) in [5.74, 6) is 0.845. The molecule has 0 unspecified atom stereocenters. The number of nitrogens with zero attached hydrogens (tertiary/aromatic N) is 3. The molecule has 0 fully saturated rings. The predicted molar refractivity (Wildman–Crippen MR) is 62.6 cm³/mol. The van der Waals surface area contributed by atoms with E-state index in [2.05, 4.69) is 16.9 Å². The van der Waals surface area contributed by atoms with E-state index in [1.54, 1.807) is 13.4 Å². The molecule has 0 bridgehead atoms. The first-order chi connectivity index (χ1) is 7.81. The average molecular weight is 225 g/mol. The summed E-state index contributed by atoms with van der Waals surface area (Å²) >= 11 is 0. The van der Waals surface area contributed by atoms with Crippen LogP contribution in [0.4, 0.5) is 5.82 Å². The fourth-order valence-electron chi connectivity index (χ4n) is 1.42. The normalized spacial score (nSPS) is 10.4. The molecule has 1 aromatic rings. The second kappa shape index (κ2) is 7.14. The standard InChI is InChI=1S/C11H19N3O2/c1-3-10-8-11(13-9-12-10)14(4-6-15)5-7-16-2/h8-9,15H,3-7H2,1-2H3. The number of methoxy groups -OCH3 is 1. The van der Waals surface area contributed by atoms with Crippen LogP contribution in [-0.4, -0.2) is 48.5 Å². The summed E-state index contributed by atoms with van der Waals surface area (Å²) in [6.45, 7) is 4.05. The smallest absolute Gasteiger partial charge is 0.132 e. The molecule has 1 heterocycles. The average Bonchev–Trinajstić information content (AvgIpc) is 2.34. The van der Waals surface area contributed by atoms with Crippen molar-refractivity contribution in [1.82, 2.24) is 9.97 Å². The van der Waals surface area contributed by atoms with Gasteiger partial charge in [0, 0.05) is 32.0 Å². The second-order valence-corrected chi connectivity index (χ2v) is 3.42. The summed E-state index contributed by atoms with van der Waals surface area (Å²) in [6, 6.07) is 1.95. The van der Waals surface area contributed by atoms with Crippen molar-refractivity contribution in [2.24, 2.45) is 0 Å². The van der Waals surface area contributed by atoms with Gasteiger partial charge in [-0.15, -0.1) is 0 Å². The van der Waals surface area contributed by atoms with Crippen LogP contribution < -0.4 is 4.90 Å². The Morgan fingerprint density at radius 1 is 1.38 bits per heavy atom. The van der Waals surface area contributed by atoms with E-state index < -0.39 is 0 Å². The molecule has 0 saturated heterocycles. The number of aryl methyl sites for hydroxylation is 1. The van der Waals surface area contributed by atoms with Crippen molar-refractivity contribution in [3.63, 3.8) is 0 Å². The molecule has 90 valence electrons. The zero-order valence-corrected chi connectivity index (χ0v) is 9.89. The SMILES string of the molecule is CCc1cc(N(CCO)CCOC)ncn1. The number of aliphatic hydroxyl groups excluding tert-OH is 1. The molecule has 1 aromatic heterocycles. The Morgan fingerprint density at radius 3 is 2.81 bits per heavy atom. The van der Waals surface area contributed by atoms with E-state index in [-0.39, 0.29) is 6.61 Å². The van der Waals surface area contributed by atoms with Crippen molar-refractivity contribution in [3.05, 3.63) is 18.1 Å². The molecule has 0 aliphatic heterocycles. The van der Waals surface area contributed by atoms with Crippen molar-refractivity contribution in [2.75, 3.05) is 38.3 Å². The van der Waals surface area contributed by atoms with E-state index in [0.717, 1.165) is 24.5 Å². The van der Waals surface area contributed by atoms with Crippen LogP contribution in [0.5, 0.6) is 0 Å². The van der Waals surface area contributed by atoms with Gasteiger partial charge in [0.25, 0.3) is 0 Å². The Balaban J connectivity index is 2.73. The van der Waals surface area contributed by atoms with Gasteiger partial charge in [0.2, 0.25) is 0 Å². The summed E-state index contributed by atoms with van der Waals surface area (Å²) < 4.78 is 5.03. The second-order valence-electron chi connectivity index (χ2n) is 3.42. The molecule has 5 nitrogen and oxygen atoms in total. The zero-order valence-electron chi connectivity index (χ0n) is 9.89. The summed E-state index contributed by atoms with van der Waals surface area (Å²) in [7, 11) is 1.66. The molecule has 0 spiro atoms. The van der Waals surface area contributed by atoms with Crippen molar-refractivity contribution in [1.29, 1.82) is 0 Å². The van der Waals surface area contributed by atoms with Gasteiger partial charge < -0.3 is 14.7 Å². The van der Waals surface area contributed by atoms with Crippen molar-refractivity contribution < 1.29 is 9.84 Å². The molecule has 0 aliphatic carbocycles. The molecule has 0 aliphatic rings. The third-order valence-corrected chi connectivity index (χ3v) is 2.33. The number of aliphatic hydroxyl groups is 1. The molecular weight excluding hydrogens is 206 g/mol. The summed E-state index contributed by atoms with van der Waals surface area (Å²) in [4.78, 5) is 10.3. The van der Waals surface area contributed by atoms with Gasteiger partial charge in [-0.25, -0.2) is 9.97 Å². The first-order valence-electron chi connectivity index (χ1n) is 5.47. The zero-order chi connectivity index (χ0) is 11.8. The molecule has 0 saturated carbocycles. The molecule has 16 heavy (non-hydrogen) atoms. The van der Waals surface area contributed by atoms with Gasteiger partial charge in [-0.05, 0) is 6.42 Å². The third-order valence-electron chi connectivity index (χ3n) is 2.33. The lowest BCUT2D eigenvalue weighted by Gasteiger charge is -2.22. The maximum Gasteiger partial charge on any atom is 0.132 e. The number of hydrogen-bond acceptors (Lipinski definition) is 5. The van der Waals surface area contributed by atoms with Crippen LogP contribution in [0.15, 0.2) is 12.4 Å². The first kappa shape index (κ1) is 12.9. The van der Waals surface area contributed by atoms with Crippen LogP contribution in [0.25, 0.3) is 0 Å². The lowest BCUT2D eigenvalue weighted by molar-refractivity contribution is 0.202. The molecule has 0 aromatic carbocycles. The molecule has 0 atom stereocenters. The van der Waals surface area contributed by atoms with Gasteiger partial charge >= 0.3 is 0 Å². The molecule has 0 amide bonds. The van der Waals surface area contributed by atoms with Crippen molar-refractivity contribution in [2.45, 2.75) is 13.3 Å². The lowest BCUT2D eigenvalue weighted by Crippen LogP contribution is -2.31. The van der Waals surface area contributed by atoms with E-state index in [9.17, 15) is 0 Å². The maximum absolute atomic E-state index is 9.00. The van der Waals surface area contributed by atoms with Crippen LogP contribution in [0, 0.1) is 0 Å². The first-order valence-corrected chi connectivity index (χ1v) is 5.47. The third kappa shape index (κ3) is 3.75. The maximum atomic E-state index is 9.00. The minimum atomic E-state index is 0.106. The van der Waals surface area contributed by atoms with Crippen LogP contribution in [0.2, 0.25) is 0 Å². The fourth-order valence-corrected chi connectivity index (χ4v) is 1.42. The van der Waals surface area contributed by atoms with Crippen LogP contribution in [0.1, 0.15) is 12.6 Å². The fraction of sp³-hybridized carbons (Fsp3) is 0.636. The van der Waals surface area contributed by atoms with E-state index in [0.29, 0.717) is 13.2 Å². The van der Waals surface area contributed by atoms with E-state index in [1.807, 2.05) is 11.0 Å². The van der Waals surface area contributed by atoms with Gasteiger partial charge in [0.15, 0.2) is 0 Å². The predicted octanol–water partition coefficient (Wildman–Crippen LogP) is 0.484. The number of aromatic nitrogens is 2. The largest absolute Gasteiger partial charge is 0.395 e. The highest BCUT2D eigenvalue weighted by molar-refractivity contribution is 5.38. The summed E-state index contributed by atoms with van der Waals surface area (Å²) in [5, 5.41) is 9.00. The minimum absolute atomic E-state index is 0.106. The van der Waals surface area contributed by atoms with Gasteiger partial charge in [0.1, 0.15) is 12.1 Å². The van der Waals surface area contributed by atoms with E-state index in [4.69, 9.17) is 9.84 Å². The molecule has 1 N–H and O–H groups in total. The lowest BCUT2D eigenvalue weighted by atomic mass is 10.3. The Kier molecular flexibility index (Phi) is 5.74. The number of ether oxygens (including phenoxy) is 1. The van der Waals surface area contributed by atoms with Crippen molar-refractivity contribution in [3.8, 4) is 0 Å². The number of anilines is 1. The molecule has 0 radical (unpaired) electrons. The van der Waals surface area contributed by atoms with Gasteiger partial charge in [-0.1, -0.05) is 6.92 Å². The summed E-state index contributed by atoms with van der Waals surface area (Å²) in [6.07, 6.45) is 2.44. The van der Waals surface area contributed by atoms with E-state index in [1.165, 1.54) is 0 Å². The molecule has 1 rings (SSSR count). The topological polar surface area (TPSA) is 58.5 Å². The minimum Gasteiger partial charge on any atom is -0.395 e. The van der Waals surface area contributed by atoms with Gasteiger partial charge in [0.05, 0.1) is 13.2 Å². The molecular formula is C11H19N3O2. The van der Waals surface area contributed by atoms with Crippen molar-refractivity contribution >= 4 is 5.82 Å². The number of rotatable bonds is 7. The highest BCUT2D eigenvalue weighted by atomic mass is 16.5. The Bertz CT molecular complexity index is 307. The number of hydrogen-bond donors (Lipinski definition) is 1. The van der Waals surface area contributed by atoms with Crippen LogP contribution in [-0.2, 0) is 11.2 Å². The Labute approximate surface area is 96.1 Å². The monoisotopic (exact) mass is 225 g/mol. The Morgan fingerprint density at radius 2 is 2.19 bits per heavy atom. The molecule has 5 heteroatoms. The van der Waals surface area contributed by atoms with Gasteiger partial charge in [-0.2, -0.15) is 0 Å². The highest BCUT2D eigenvalue weighted by Gasteiger charge is 2.07. The quantitative estimate of drug-likeness (QED) is 0.731. The Hall–Kier alpha value is -1.20.